The van der Waals surface area contributed by atoms with Crippen LogP contribution >= 0.6 is 7.60 Å². The summed E-state index contributed by atoms with van der Waals surface area (Å²) in [6.07, 6.45) is 0. The lowest BCUT2D eigenvalue weighted by atomic mass is 10.1. The molecule has 0 aliphatic rings. The first-order valence-corrected chi connectivity index (χ1v) is 12.3. The maximum absolute atomic E-state index is 13.7. The van der Waals surface area contributed by atoms with Gasteiger partial charge in [0.15, 0.2) is 0 Å². The number of anilines is 4. The molecule has 0 saturated heterocycles. The van der Waals surface area contributed by atoms with Crippen molar-refractivity contribution in [2.24, 2.45) is 0 Å². The van der Waals surface area contributed by atoms with E-state index in [1.807, 2.05) is 115 Å². The zero-order valence-corrected chi connectivity index (χ0v) is 20.5. The quantitative estimate of drug-likeness (QED) is 0.299. The number of rotatable bonds is 8. The van der Waals surface area contributed by atoms with E-state index >= 15 is 0 Å². The van der Waals surface area contributed by atoms with Crippen LogP contribution in [0, 0.1) is 0 Å². The highest BCUT2D eigenvalue weighted by atomic mass is 31.2. The second-order valence-corrected chi connectivity index (χ2v) is 9.74. The minimum atomic E-state index is -3.76. The van der Waals surface area contributed by atoms with Crippen molar-refractivity contribution in [1.82, 2.24) is 10.2 Å². The highest BCUT2D eigenvalue weighted by Gasteiger charge is 2.36. The summed E-state index contributed by atoms with van der Waals surface area (Å²) >= 11 is 0. The van der Waals surface area contributed by atoms with Crippen LogP contribution in [0.15, 0.2) is 91.0 Å². The molecular weight excluding hydrogens is 447 g/mol. The van der Waals surface area contributed by atoms with Crippen molar-refractivity contribution in [2.75, 3.05) is 38.1 Å². The van der Waals surface area contributed by atoms with E-state index in [-0.39, 0.29) is 5.44 Å². The average Bonchev–Trinajstić information content (AvgIpc) is 2.92. The molecule has 0 N–H and O–H groups in total. The standard InChI is InChI=1S/C26H27N4O3P/c1-29(21-16-10-6-11-17-21)24-23(20-14-8-5-9-15-20)27-28-26(34(31,32-3)33-4)25(24)30(2)22-18-12-7-13-19-22/h5-19H,1-4H3. The Morgan fingerprint density at radius 1 is 0.647 bits per heavy atom. The number of benzene rings is 3. The fourth-order valence-corrected chi connectivity index (χ4v) is 4.99. The van der Waals surface area contributed by atoms with E-state index in [0.717, 1.165) is 22.6 Å². The maximum atomic E-state index is 13.7. The number of para-hydroxylation sites is 2. The van der Waals surface area contributed by atoms with E-state index in [4.69, 9.17) is 9.05 Å². The van der Waals surface area contributed by atoms with Crippen molar-refractivity contribution in [3.63, 3.8) is 0 Å². The molecule has 0 fully saturated rings. The molecule has 0 radical (unpaired) electrons. The summed E-state index contributed by atoms with van der Waals surface area (Å²) in [7, 11) is 2.80. The Bertz CT molecular complexity index is 1280. The van der Waals surface area contributed by atoms with Crippen LogP contribution in [0.3, 0.4) is 0 Å². The van der Waals surface area contributed by atoms with Gasteiger partial charge in [-0.15, -0.1) is 10.2 Å². The molecule has 4 aromatic rings. The summed E-state index contributed by atoms with van der Waals surface area (Å²) in [5.41, 5.74) is 4.80. The molecule has 0 bridgehead atoms. The molecule has 0 amide bonds. The smallest absolute Gasteiger partial charge is 0.341 e. The molecule has 0 spiro atoms. The van der Waals surface area contributed by atoms with E-state index in [1.165, 1.54) is 14.2 Å². The summed E-state index contributed by atoms with van der Waals surface area (Å²) in [6.45, 7) is 0. The number of hydrogen-bond acceptors (Lipinski definition) is 7. The first-order chi connectivity index (χ1) is 16.5. The van der Waals surface area contributed by atoms with Crippen LogP contribution in [0.4, 0.5) is 22.7 Å². The van der Waals surface area contributed by atoms with Gasteiger partial charge in [-0.05, 0) is 24.3 Å². The fraction of sp³-hybridized carbons (Fsp3) is 0.154. The number of nitrogens with zero attached hydrogens (tertiary/aromatic N) is 4. The van der Waals surface area contributed by atoms with E-state index in [9.17, 15) is 4.57 Å². The molecule has 0 atom stereocenters. The molecule has 0 aliphatic carbocycles. The summed E-state index contributed by atoms with van der Waals surface area (Å²) < 4.78 is 24.4. The van der Waals surface area contributed by atoms with Crippen LogP contribution in [-0.4, -0.2) is 38.5 Å². The minimum Gasteiger partial charge on any atom is -0.341 e. The van der Waals surface area contributed by atoms with Gasteiger partial charge in [-0.25, -0.2) is 0 Å². The highest BCUT2D eigenvalue weighted by Crippen LogP contribution is 2.51. The lowest BCUT2D eigenvalue weighted by molar-refractivity contribution is 0.286. The fourth-order valence-electron chi connectivity index (χ4n) is 3.82. The molecule has 0 aliphatic heterocycles. The first kappa shape index (κ1) is 23.6. The van der Waals surface area contributed by atoms with Gasteiger partial charge in [0, 0.05) is 45.3 Å². The predicted octanol–water partition coefficient (Wildman–Crippen LogP) is 5.79. The SMILES string of the molecule is COP(=O)(OC)c1nnc(-c2ccccc2)c(N(C)c2ccccc2)c1N(C)c1ccccc1. The molecular formula is C26H27N4O3P. The van der Waals surface area contributed by atoms with E-state index in [1.54, 1.807) is 0 Å². The summed E-state index contributed by atoms with van der Waals surface area (Å²) in [5, 5.41) is 8.96. The molecule has 8 heteroatoms. The Kier molecular flexibility index (Phi) is 7.08. The maximum Gasteiger partial charge on any atom is 0.383 e. The van der Waals surface area contributed by atoms with Crippen molar-refractivity contribution < 1.29 is 13.6 Å². The van der Waals surface area contributed by atoms with Crippen LogP contribution in [0.2, 0.25) is 0 Å². The van der Waals surface area contributed by atoms with E-state index in [2.05, 4.69) is 10.2 Å². The molecule has 1 aromatic heterocycles. The van der Waals surface area contributed by atoms with E-state index in [0.29, 0.717) is 11.4 Å². The Hall–Kier alpha value is -3.51. The molecule has 0 saturated carbocycles. The molecule has 7 nitrogen and oxygen atoms in total. The topological polar surface area (TPSA) is 67.8 Å². The number of hydrogen-bond donors (Lipinski definition) is 0. The Morgan fingerprint density at radius 2 is 1.09 bits per heavy atom. The van der Waals surface area contributed by atoms with Gasteiger partial charge in [0.05, 0.1) is 5.69 Å². The second-order valence-electron chi connectivity index (χ2n) is 7.59. The Morgan fingerprint density at radius 3 is 1.56 bits per heavy atom. The van der Waals surface area contributed by atoms with Crippen LogP contribution in [0.25, 0.3) is 11.3 Å². The third-order valence-corrected chi connectivity index (χ3v) is 7.43. The summed E-state index contributed by atoms with van der Waals surface area (Å²) in [4.78, 5) is 3.96. The van der Waals surface area contributed by atoms with Crippen molar-refractivity contribution in [2.45, 2.75) is 0 Å². The molecule has 34 heavy (non-hydrogen) atoms. The van der Waals surface area contributed by atoms with Gasteiger partial charge in [0.25, 0.3) is 0 Å². The van der Waals surface area contributed by atoms with Crippen molar-refractivity contribution in [3.8, 4) is 11.3 Å². The van der Waals surface area contributed by atoms with Gasteiger partial charge in [-0.1, -0.05) is 66.7 Å². The lowest BCUT2D eigenvalue weighted by Gasteiger charge is -2.31. The third-order valence-electron chi connectivity index (χ3n) is 5.65. The Labute approximate surface area is 200 Å². The van der Waals surface area contributed by atoms with Gasteiger partial charge in [0.2, 0.25) is 5.44 Å². The zero-order chi connectivity index (χ0) is 24.1. The average molecular weight is 475 g/mol. The summed E-state index contributed by atoms with van der Waals surface area (Å²) in [6, 6.07) is 29.5. The largest absolute Gasteiger partial charge is 0.383 e. The van der Waals surface area contributed by atoms with Gasteiger partial charge in [-0.3, -0.25) is 4.57 Å². The zero-order valence-electron chi connectivity index (χ0n) is 19.6. The molecule has 3 aromatic carbocycles. The van der Waals surface area contributed by atoms with Crippen LogP contribution in [0.5, 0.6) is 0 Å². The molecule has 174 valence electrons. The molecule has 1 heterocycles. The van der Waals surface area contributed by atoms with Crippen LogP contribution < -0.4 is 15.2 Å². The predicted molar refractivity (Wildman–Crippen MR) is 138 cm³/mol. The summed E-state index contributed by atoms with van der Waals surface area (Å²) in [5.74, 6) is 0. The van der Waals surface area contributed by atoms with Crippen molar-refractivity contribution in [3.05, 3.63) is 91.0 Å². The van der Waals surface area contributed by atoms with Crippen molar-refractivity contribution >= 4 is 35.8 Å². The first-order valence-electron chi connectivity index (χ1n) is 10.8. The Balaban J connectivity index is 2.10. The highest BCUT2D eigenvalue weighted by molar-refractivity contribution is 7.62. The van der Waals surface area contributed by atoms with Gasteiger partial charge in [-0.2, -0.15) is 0 Å². The normalized spacial score (nSPS) is 11.3. The van der Waals surface area contributed by atoms with Crippen LogP contribution in [0.1, 0.15) is 0 Å². The van der Waals surface area contributed by atoms with Gasteiger partial charge < -0.3 is 18.8 Å². The molecule has 0 unspecified atom stereocenters. The van der Waals surface area contributed by atoms with E-state index < -0.39 is 7.60 Å². The van der Waals surface area contributed by atoms with Crippen molar-refractivity contribution in [1.29, 1.82) is 0 Å². The number of aromatic nitrogens is 2. The third kappa shape index (κ3) is 4.46. The molecule has 4 rings (SSSR count). The van der Waals surface area contributed by atoms with Gasteiger partial charge >= 0.3 is 7.60 Å². The lowest BCUT2D eigenvalue weighted by Crippen LogP contribution is -2.28. The van der Waals surface area contributed by atoms with Gasteiger partial charge in [0.1, 0.15) is 11.4 Å². The monoisotopic (exact) mass is 474 g/mol. The van der Waals surface area contributed by atoms with Crippen LogP contribution in [-0.2, 0) is 13.6 Å². The minimum absolute atomic E-state index is 0.140. The second kappa shape index (κ2) is 10.2.